The summed E-state index contributed by atoms with van der Waals surface area (Å²) in [6.07, 6.45) is 0.833. The summed E-state index contributed by atoms with van der Waals surface area (Å²) in [7, 11) is -4.30. The molecule has 0 atom stereocenters. The van der Waals surface area contributed by atoms with Crippen LogP contribution in [0.5, 0.6) is 0 Å². The highest BCUT2D eigenvalue weighted by Crippen LogP contribution is 2.32. The van der Waals surface area contributed by atoms with Gasteiger partial charge in [0.1, 0.15) is 10.1 Å². The van der Waals surface area contributed by atoms with Crippen LogP contribution >= 0.6 is 0 Å². The second-order valence-electron chi connectivity index (χ2n) is 7.15. The summed E-state index contributed by atoms with van der Waals surface area (Å²) in [5.41, 5.74) is 2.37. The van der Waals surface area contributed by atoms with Gasteiger partial charge in [0, 0.05) is 5.56 Å². The molecule has 0 radical (unpaired) electrons. The lowest BCUT2D eigenvalue weighted by Crippen LogP contribution is -2.06. The highest BCUT2D eigenvalue weighted by atomic mass is 32.2. The van der Waals surface area contributed by atoms with Crippen molar-refractivity contribution in [3.8, 4) is 0 Å². The number of hydrogen-bond donors (Lipinski definition) is 0. The maximum atomic E-state index is 10.5. The lowest BCUT2D eigenvalue weighted by atomic mass is 10.2. The van der Waals surface area contributed by atoms with E-state index in [0.29, 0.717) is 0 Å². The fraction of sp³-hybridized carbons (Fsp3) is 0.111. The van der Waals surface area contributed by atoms with Gasteiger partial charge in [0.25, 0.3) is 0 Å². The molecular weight excluding hydrogens is 436 g/mol. The van der Waals surface area contributed by atoms with Gasteiger partial charge in [-0.2, -0.15) is 0 Å². The molecule has 0 fully saturated rings. The third-order valence-electron chi connectivity index (χ3n) is 4.89. The lowest BCUT2D eigenvalue weighted by molar-refractivity contribution is 0.463. The Morgan fingerprint density at radius 2 is 1.16 bits per heavy atom. The molecular formula is C27H26O3S2. The molecule has 0 unspecified atom stereocenters. The van der Waals surface area contributed by atoms with Gasteiger partial charge in [-0.05, 0) is 61.4 Å². The van der Waals surface area contributed by atoms with Gasteiger partial charge in [-0.3, -0.25) is 0 Å². The minimum atomic E-state index is -4.28. The average Bonchev–Trinajstić information content (AvgIpc) is 2.82. The molecule has 0 aliphatic heterocycles. The highest BCUT2D eigenvalue weighted by molar-refractivity contribution is 7.97. The fourth-order valence-corrected chi connectivity index (χ4v) is 5.89. The van der Waals surface area contributed by atoms with Crippen molar-refractivity contribution >= 4 is 21.0 Å². The van der Waals surface area contributed by atoms with Crippen LogP contribution in [0.15, 0.2) is 129 Å². The molecule has 0 spiro atoms. The van der Waals surface area contributed by atoms with Crippen molar-refractivity contribution in [3.05, 3.63) is 120 Å². The van der Waals surface area contributed by atoms with Crippen LogP contribution in [0.3, 0.4) is 0 Å². The van der Waals surface area contributed by atoms with E-state index in [1.54, 1.807) is 12.1 Å². The molecule has 0 aliphatic carbocycles. The lowest BCUT2D eigenvalue weighted by Gasteiger charge is -2.09. The summed E-state index contributed by atoms with van der Waals surface area (Å²) in [4.78, 5) is 3.98. The van der Waals surface area contributed by atoms with E-state index in [1.807, 2.05) is 6.92 Å². The van der Waals surface area contributed by atoms with E-state index in [1.165, 1.54) is 32.4 Å². The van der Waals surface area contributed by atoms with Crippen molar-refractivity contribution in [1.82, 2.24) is 0 Å². The summed E-state index contributed by atoms with van der Waals surface area (Å²) >= 11 is 0. The van der Waals surface area contributed by atoms with Crippen molar-refractivity contribution < 1.29 is 13.0 Å². The first kappa shape index (κ1) is 23.8. The summed E-state index contributed by atoms with van der Waals surface area (Å²) in [5.74, 6) is 0. The summed E-state index contributed by atoms with van der Waals surface area (Å²) < 4.78 is 31.4. The Kier molecular flexibility index (Phi) is 8.28. The topological polar surface area (TPSA) is 57.2 Å². The molecule has 4 rings (SSSR count). The number of benzene rings is 4. The van der Waals surface area contributed by atoms with Gasteiger partial charge in [0.15, 0.2) is 14.7 Å². The number of hydrogen-bond acceptors (Lipinski definition) is 3. The summed E-state index contributed by atoms with van der Waals surface area (Å²) in [5, 5.41) is 0. The monoisotopic (exact) mass is 462 g/mol. The van der Waals surface area contributed by atoms with E-state index in [4.69, 9.17) is 0 Å². The van der Waals surface area contributed by atoms with E-state index < -0.39 is 10.1 Å². The van der Waals surface area contributed by atoms with Gasteiger partial charge in [0.05, 0.1) is 15.8 Å². The van der Waals surface area contributed by atoms with Gasteiger partial charge in [-0.25, -0.2) is 8.42 Å². The molecule has 164 valence electrons. The smallest absolute Gasteiger partial charge is 0.169 e. The van der Waals surface area contributed by atoms with Crippen LogP contribution in [0.1, 0.15) is 18.1 Å². The quantitative estimate of drug-likeness (QED) is 0.260. The molecule has 4 aromatic rings. The second-order valence-corrected chi connectivity index (χ2v) is 10.5. The fourth-order valence-electron chi connectivity index (χ4n) is 3.18. The van der Waals surface area contributed by atoms with Gasteiger partial charge in [0.2, 0.25) is 0 Å². The van der Waals surface area contributed by atoms with Crippen LogP contribution in [0, 0.1) is 6.92 Å². The summed E-state index contributed by atoms with van der Waals surface area (Å²) in [6.45, 7) is 4.15. The Balaban J connectivity index is 0.000000207. The zero-order valence-electron chi connectivity index (χ0n) is 18.1. The molecule has 0 amide bonds. The molecule has 5 heteroatoms. The first-order valence-corrected chi connectivity index (χ1v) is 13.0. The molecule has 0 N–H and O–H groups in total. The van der Waals surface area contributed by atoms with E-state index in [9.17, 15) is 13.0 Å². The third-order valence-corrected chi connectivity index (χ3v) is 8.13. The van der Waals surface area contributed by atoms with Gasteiger partial charge in [-0.1, -0.05) is 73.7 Å². The molecule has 0 aromatic heterocycles. The standard InChI is InChI=1S/C19H17S.C8H10O3S/c1-16-10-8-9-15-19(16)20(17-11-4-2-5-12-17)18-13-6-3-7-14-18;1-2-7-3-5-8(6-4-7)12(9,10)11/h2-15H,1H3;3-6H,2H2,1H3,(H,9,10,11)/q+1;/p-1. The predicted molar refractivity (Wildman–Crippen MR) is 130 cm³/mol. The Bertz CT molecular complexity index is 1180. The van der Waals surface area contributed by atoms with E-state index in [-0.39, 0.29) is 15.8 Å². The maximum absolute atomic E-state index is 10.5. The zero-order valence-corrected chi connectivity index (χ0v) is 19.8. The van der Waals surface area contributed by atoms with Crippen LogP contribution in [0.2, 0.25) is 0 Å². The summed E-state index contributed by atoms with van der Waals surface area (Å²) in [6, 6.07) is 36.2. The van der Waals surface area contributed by atoms with Crippen LogP contribution in [0.25, 0.3) is 0 Å². The van der Waals surface area contributed by atoms with E-state index >= 15 is 0 Å². The maximum Gasteiger partial charge on any atom is 0.169 e. The number of rotatable bonds is 5. The minimum absolute atomic E-state index is 0.0262. The van der Waals surface area contributed by atoms with Gasteiger partial charge < -0.3 is 4.55 Å². The van der Waals surface area contributed by atoms with Crippen LogP contribution in [-0.4, -0.2) is 13.0 Å². The van der Waals surface area contributed by atoms with Crippen LogP contribution in [-0.2, 0) is 27.4 Å². The minimum Gasteiger partial charge on any atom is -0.744 e. The van der Waals surface area contributed by atoms with Crippen molar-refractivity contribution in [2.75, 3.05) is 0 Å². The van der Waals surface area contributed by atoms with Crippen molar-refractivity contribution in [3.63, 3.8) is 0 Å². The Morgan fingerprint density at radius 1 is 0.688 bits per heavy atom. The largest absolute Gasteiger partial charge is 0.744 e. The van der Waals surface area contributed by atoms with Gasteiger partial charge >= 0.3 is 0 Å². The molecule has 0 heterocycles. The Labute approximate surface area is 193 Å². The Hall–Kier alpha value is -2.86. The average molecular weight is 463 g/mol. The molecule has 32 heavy (non-hydrogen) atoms. The van der Waals surface area contributed by atoms with Crippen molar-refractivity contribution in [2.45, 2.75) is 39.9 Å². The van der Waals surface area contributed by atoms with Crippen LogP contribution < -0.4 is 0 Å². The van der Waals surface area contributed by atoms with E-state index in [0.717, 1.165) is 12.0 Å². The van der Waals surface area contributed by atoms with Gasteiger partial charge in [-0.15, -0.1) is 0 Å². The molecule has 0 bridgehead atoms. The van der Waals surface area contributed by atoms with E-state index in [2.05, 4.69) is 91.9 Å². The number of aryl methyl sites for hydroxylation is 2. The van der Waals surface area contributed by atoms with Crippen LogP contribution in [0.4, 0.5) is 0 Å². The zero-order chi connectivity index (χ0) is 23.0. The second kappa shape index (κ2) is 11.1. The molecule has 4 aromatic carbocycles. The first-order valence-electron chi connectivity index (χ1n) is 10.3. The van der Waals surface area contributed by atoms with Crippen molar-refractivity contribution in [2.24, 2.45) is 0 Å². The SMILES string of the molecule is CCc1ccc(S(=O)(=O)[O-])cc1.Cc1ccccc1[S+](c1ccccc1)c1ccccc1. The molecule has 0 saturated heterocycles. The Morgan fingerprint density at radius 3 is 1.59 bits per heavy atom. The third kappa shape index (κ3) is 6.33. The highest BCUT2D eigenvalue weighted by Gasteiger charge is 2.29. The molecule has 0 aliphatic rings. The molecule has 3 nitrogen and oxygen atoms in total. The predicted octanol–water partition coefficient (Wildman–Crippen LogP) is 6.24. The first-order chi connectivity index (χ1) is 15.4. The normalized spacial score (nSPS) is 11.0. The molecule has 0 saturated carbocycles. The van der Waals surface area contributed by atoms with Crippen molar-refractivity contribution in [1.29, 1.82) is 0 Å².